The van der Waals surface area contributed by atoms with Crippen LogP contribution in [0.15, 0.2) is 18.2 Å². The van der Waals surface area contributed by atoms with E-state index in [0.29, 0.717) is 11.3 Å². The fourth-order valence-electron chi connectivity index (χ4n) is 2.50. The first-order chi connectivity index (χ1) is 10.0. The highest BCUT2D eigenvalue weighted by Crippen LogP contribution is 2.29. The topological polar surface area (TPSA) is 61.4 Å². The number of piperazine rings is 1. The molecule has 2 rings (SSSR count). The third-order valence-corrected chi connectivity index (χ3v) is 3.45. The average molecular weight is 293 g/mol. The summed E-state index contributed by atoms with van der Waals surface area (Å²) >= 11 is 0. The molecular weight excluding hydrogens is 273 g/mol. The summed E-state index contributed by atoms with van der Waals surface area (Å²) in [6, 6.07) is 4.54. The van der Waals surface area contributed by atoms with Gasteiger partial charge in [-0.2, -0.15) is 0 Å². The fourth-order valence-corrected chi connectivity index (χ4v) is 2.50. The number of benzene rings is 1. The molecule has 0 aromatic heterocycles. The lowest BCUT2D eigenvalue weighted by Crippen LogP contribution is -2.52. The number of imide groups is 1. The van der Waals surface area contributed by atoms with E-state index in [1.165, 1.54) is 6.07 Å². The molecule has 0 spiro atoms. The maximum Gasteiger partial charge on any atom is 0.246 e. The van der Waals surface area contributed by atoms with Crippen LogP contribution in [-0.2, 0) is 9.59 Å². The van der Waals surface area contributed by atoms with E-state index < -0.39 is 0 Å². The molecule has 1 aliphatic heterocycles. The molecule has 114 valence electrons. The van der Waals surface area contributed by atoms with Crippen LogP contribution in [-0.4, -0.2) is 31.4 Å². The van der Waals surface area contributed by atoms with Gasteiger partial charge >= 0.3 is 0 Å². The predicted molar refractivity (Wildman–Crippen MR) is 78.5 cm³/mol. The molecule has 2 N–H and O–H groups in total. The molecule has 0 bridgehead atoms. The van der Waals surface area contributed by atoms with E-state index >= 15 is 0 Å². The van der Waals surface area contributed by atoms with Gasteiger partial charge in [-0.15, -0.1) is 0 Å². The zero-order valence-electron chi connectivity index (χ0n) is 12.3. The lowest BCUT2D eigenvalue weighted by Gasteiger charge is -2.31. The number of nitrogens with zero attached hydrogens (tertiary/aromatic N) is 1. The Bertz CT molecular complexity index is 532. The Morgan fingerprint density at radius 3 is 2.62 bits per heavy atom. The van der Waals surface area contributed by atoms with Crippen molar-refractivity contribution in [3.63, 3.8) is 0 Å². The third kappa shape index (κ3) is 3.58. The maximum absolute atomic E-state index is 14.2. The molecular formula is C15H20FN3O2. The highest BCUT2D eigenvalue weighted by molar-refractivity contribution is 6.02. The Hall–Kier alpha value is -1.95. The van der Waals surface area contributed by atoms with Crippen LogP contribution in [0.3, 0.4) is 0 Å². The molecule has 0 aliphatic carbocycles. The second-order valence-corrected chi connectivity index (χ2v) is 5.18. The van der Waals surface area contributed by atoms with E-state index in [9.17, 15) is 14.0 Å². The Balaban J connectivity index is 2.32. The van der Waals surface area contributed by atoms with E-state index in [0.717, 1.165) is 13.0 Å². The molecule has 1 aromatic rings. The number of hydrogen-bond acceptors (Lipinski definition) is 4. The minimum Gasteiger partial charge on any atom is -0.353 e. The van der Waals surface area contributed by atoms with Crippen LogP contribution in [0.5, 0.6) is 0 Å². The molecule has 1 fully saturated rings. The van der Waals surface area contributed by atoms with Crippen molar-refractivity contribution < 1.29 is 14.0 Å². The van der Waals surface area contributed by atoms with Gasteiger partial charge in [0, 0.05) is 17.3 Å². The van der Waals surface area contributed by atoms with Crippen molar-refractivity contribution in [2.75, 3.05) is 24.5 Å². The molecule has 1 heterocycles. The van der Waals surface area contributed by atoms with Gasteiger partial charge in [0.2, 0.25) is 11.8 Å². The standard InChI is InChI=1S/C15H20FN3O2/c1-3-7-17-10(2)15-11(16)5-4-6-12(15)19-8-13(20)18-14(21)9-19/h4-6,10,17H,3,7-9H2,1-2H3,(H,18,20,21). The quantitative estimate of drug-likeness (QED) is 0.805. The van der Waals surface area contributed by atoms with Gasteiger partial charge < -0.3 is 10.2 Å². The maximum atomic E-state index is 14.2. The van der Waals surface area contributed by atoms with Crippen LogP contribution in [0.4, 0.5) is 10.1 Å². The number of hydrogen-bond donors (Lipinski definition) is 2. The summed E-state index contributed by atoms with van der Waals surface area (Å²) < 4.78 is 14.2. The van der Waals surface area contributed by atoms with Gasteiger partial charge in [0.05, 0.1) is 13.1 Å². The van der Waals surface area contributed by atoms with Crippen LogP contribution in [0.1, 0.15) is 31.9 Å². The monoisotopic (exact) mass is 293 g/mol. The van der Waals surface area contributed by atoms with Crippen molar-refractivity contribution >= 4 is 17.5 Å². The van der Waals surface area contributed by atoms with Crippen molar-refractivity contribution in [1.29, 1.82) is 0 Å². The highest BCUT2D eigenvalue weighted by Gasteiger charge is 2.26. The average Bonchev–Trinajstić information content (AvgIpc) is 2.43. The number of amides is 2. The first kappa shape index (κ1) is 15.4. The molecule has 2 amide bonds. The minimum absolute atomic E-state index is 0.0582. The number of rotatable bonds is 5. The van der Waals surface area contributed by atoms with Gasteiger partial charge in [-0.1, -0.05) is 13.0 Å². The van der Waals surface area contributed by atoms with Gasteiger partial charge in [0.15, 0.2) is 0 Å². The van der Waals surface area contributed by atoms with E-state index in [1.54, 1.807) is 17.0 Å². The summed E-state index contributed by atoms with van der Waals surface area (Å²) in [6.45, 7) is 4.80. The van der Waals surface area contributed by atoms with Crippen LogP contribution in [0.2, 0.25) is 0 Å². The minimum atomic E-state index is -0.365. The van der Waals surface area contributed by atoms with Gasteiger partial charge in [-0.3, -0.25) is 14.9 Å². The summed E-state index contributed by atoms with van der Waals surface area (Å²) in [5.41, 5.74) is 1.09. The molecule has 21 heavy (non-hydrogen) atoms. The van der Waals surface area contributed by atoms with Crippen molar-refractivity contribution in [2.45, 2.75) is 26.3 Å². The number of carbonyl (C=O) groups excluding carboxylic acids is 2. The number of halogens is 1. The second-order valence-electron chi connectivity index (χ2n) is 5.18. The van der Waals surface area contributed by atoms with Gasteiger partial charge in [-0.05, 0) is 32.0 Å². The van der Waals surface area contributed by atoms with E-state index in [1.807, 2.05) is 13.8 Å². The number of anilines is 1. The molecule has 0 saturated carbocycles. The summed E-state index contributed by atoms with van der Waals surface area (Å²) in [5, 5.41) is 5.49. The Labute approximate surface area is 123 Å². The Kier molecular flexibility index (Phi) is 4.90. The molecule has 1 aromatic carbocycles. The Morgan fingerprint density at radius 2 is 2.00 bits per heavy atom. The normalized spacial score (nSPS) is 16.8. The van der Waals surface area contributed by atoms with Crippen LogP contribution in [0, 0.1) is 5.82 Å². The molecule has 6 heteroatoms. The number of carbonyl (C=O) groups is 2. The smallest absolute Gasteiger partial charge is 0.246 e. The summed E-state index contributed by atoms with van der Waals surface area (Å²) in [6.07, 6.45) is 0.943. The van der Waals surface area contributed by atoms with Crippen LogP contribution < -0.4 is 15.5 Å². The summed E-state index contributed by atoms with van der Waals surface area (Å²) in [5.74, 6) is -1.06. The van der Waals surface area contributed by atoms with E-state index in [2.05, 4.69) is 10.6 Å². The van der Waals surface area contributed by atoms with Crippen molar-refractivity contribution in [3.8, 4) is 0 Å². The van der Waals surface area contributed by atoms with Crippen LogP contribution in [0.25, 0.3) is 0 Å². The molecule has 1 aliphatic rings. The van der Waals surface area contributed by atoms with E-state index in [-0.39, 0.29) is 36.8 Å². The zero-order valence-corrected chi connectivity index (χ0v) is 12.3. The predicted octanol–water partition coefficient (Wildman–Crippen LogP) is 1.35. The molecule has 0 radical (unpaired) electrons. The van der Waals surface area contributed by atoms with Crippen LogP contribution >= 0.6 is 0 Å². The lowest BCUT2D eigenvalue weighted by molar-refractivity contribution is -0.130. The SMILES string of the molecule is CCCNC(C)c1c(F)cccc1N1CC(=O)NC(=O)C1. The Morgan fingerprint density at radius 1 is 1.33 bits per heavy atom. The first-order valence-electron chi connectivity index (χ1n) is 7.12. The van der Waals surface area contributed by atoms with E-state index in [4.69, 9.17) is 0 Å². The molecule has 5 nitrogen and oxygen atoms in total. The van der Waals surface area contributed by atoms with Crippen molar-refractivity contribution in [2.24, 2.45) is 0 Å². The first-order valence-corrected chi connectivity index (χ1v) is 7.12. The molecule has 1 atom stereocenters. The largest absolute Gasteiger partial charge is 0.353 e. The molecule has 1 unspecified atom stereocenters. The van der Waals surface area contributed by atoms with Crippen molar-refractivity contribution in [1.82, 2.24) is 10.6 Å². The summed E-state index contributed by atoms with van der Waals surface area (Å²) in [7, 11) is 0. The third-order valence-electron chi connectivity index (χ3n) is 3.45. The van der Waals surface area contributed by atoms with Gasteiger partial charge in [-0.25, -0.2) is 4.39 Å². The van der Waals surface area contributed by atoms with Gasteiger partial charge in [0.1, 0.15) is 5.82 Å². The van der Waals surface area contributed by atoms with Crippen molar-refractivity contribution in [3.05, 3.63) is 29.6 Å². The molecule has 1 saturated heterocycles. The zero-order chi connectivity index (χ0) is 15.4. The van der Waals surface area contributed by atoms with Gasteiger partial charge in [0.25, 0.3) is 0 Å². The fraction of sp³-hybridized carbons (Fsp3) is 0.467. The lowest BCUT2D eigenvalue weighted by atomic mass is 10.0. The summed E-state index contributed by atoms with van der Waals surface area (Å²) in [4.78, 5) is 24.6. The highest BCUT2D eigenvalue weighted by atomic mass is 19.1. The number of nitrogens with one attached hydrogen (secondary N) is 2. The second kappa shape index (κ2) is 6.67.